The number of amides is 1. The number of nitrogens with one attached hydrogen (secondary N) is 1. The predicted octanol–water partition coefficient (Wildman–Crippen LogP) is 4.61. The summed E-state index contributed by atoms with van der Waals surface area (Å²) in [5.41, 5.74) is 1.76. The molecule has 0 unspecified atom stereocenters. The van der Waals surface area contributed by atoms with Gasteiger partial charge in [0, 0.05) is 24.5 Å². The molecule has 2 aromatic carbocycles. The van der Waals surface area contributed by atoms with Crippen LogP contribution >= 0.6 is 11.8 Å². The van der Waals surface area contributed by atoms with E-state index in [1.54, 1.807) is 23.9 Å². The molecule has 1 N–H and O–H groups in total. The zero-order valence-corrected chi connectivity index (χ0v) is 17.3. The highest BCUT2D eigenvalue weighted by atomic mass is 32.2. The third-order valence-corrected chi connectivity index (χ3v) is 5.04. The average Bonchev–Trinajstić information content (AvgIpc) is 2.69. The largest absolute Gasteiger partial charge is 0.490 e. The minimum Gasteiger partial charge on any atom is -0.490 e. The standard InChI is InChI=1S/C22H28FNO3S/c1-3-26-20-10-9-17(15-21(20)27-4-2)11-13-24-22(25)12-14-28-16-18-7-5-6-8-19(18)23/h5-10,15H,3-4,11-14,16H2,1-2H3,(H,24,25). The normalized spacial score (nSPS) is 10.5. The van der Waals surface area contributed by atoms with Gasteiger partial charge in [-0.15, -0.1) is 0 Å². The maximum Gasteiger partial charge on any atom is 0.220 e. The molecule has 2 rings (SSSR count). The van der Waals surface area contributed by atoms with Crippen molar-refractivity contribution in [1.82, 2.24) is 5.32 Å². The van der Waals surface area contributed by atoms with Crippen molar-refractivity contribution in [2.75, 3.05) is 25.5 Å². The highest BCUT2D eigenvalue weighted by Gasteiger charge is 2.07. The molecule has 0 saturated heterocycles. The number of carbonyl (C=O) groups is 1. The van der Waals surface area contributed by atoms with Crippen LogP contribution < -0.4 is 14.8 Å². The number of carbonyl (C=O) groups excluding carboxylic acids is 1. The Morgan fingerprint density at radius 1 is 1.07 bits per heavy atom. The fourth-order valence-corrected chi connectivity index (χ4v) is 3.58. The molecule has 0 saturated carbocycles. The summed E-state index contributed by atoms with van der Waals surface area (Å²) in [5, 5.41) is 2.93. The van der Waals surface area contributed by atoms with E-state index < -0.39 is 0 Å². The SMILES string of the molecule is CCOc1ccc(CCNC(=O)CCSCc2ccccc2F)cc1OCC. The van der Waals surface area contributed by atoms with Crippen molar-refractivity contribution < 1.29 is 18.7 Å². The lowest BCUT2D eigenvalue weighted by Crippen LogP contribution is -2.25. The van der Waals surface area contributed by atoms with Crippen LogP contribution in [0.1, 0.15) is 31.4 Å². The first-order chi connectivity index (χ1) is 13.6. The summed E-state index contributed by atoms with van der Waals surface area (Å²) in [5.74, 6) is 2.53. The minimum atomic E-state index is -0.193. The van der Waals surface area contributed by atoms with Crippen molar-refractivity contribution in [1.29, 1.82) is 0 Å². The Bertz CT molecular complexity index is 754. The second kappa shape index (κ2) is 12.3. The molecule has 1 amide bonds. The van der Waals surface area contributed by atoms with Crippen molar-refractivity contribution in [3.8, 4) is 11.5 Å². The lowest BCUT2D eigenvalue weighted by atomic mass is 10.1. The molecular formula is C22H28FNO3S. The summed E-state index contributed by atoms with van der Waals surface area (Å²) < 4.78 is 24.7. The van der Waals surface area contributed by atoms with Gasteiger partial charge in [0.15, 0.2) is 11.5 Å². The number of thioether (sulfide) groups is 1. The van der Waals surface area contributed by atoms with Crippen LogP contribution in [-0.4, -0.2) is 31.4 Å². The summed E-state index contributed by atoms with van der Waals surface area (Å²) >= 11 is 1.56. The highest BCUT2D eigenvalue weighted by molar-refractivity contribution is 7.98. The van der Waals surface area contributed by atoms with Crippen molar-refractivity contribution in [3.63, 3.8) is 0 Å². The lowest BCUT2D eigenvalue weighted by Gasteiger charge is -2.12. The van der Waals surface area contributed by atoms with Gasteiger partial charge >= 0.3 is 0 Å². The third-order valence-electron chi connectivity index (χ3n) is 4.03. The fraction of sp³-hybridized carbons (Fsp3) is 0.409. The van der Waals surface area contributed by atoms with Crippen molar-refractivity contribution >= 4 is 17.7 Å². The van der Waals surface area contributed by atoms with Crippen LogP contribution in [0.15, 0.2) is 42.5 Å². The van der Waals surface area contributed by atoms with E-state index in [4.69, 9.17) is 9.47 Å². The van der Waals surface area contributed by atoms with E-state index >= 15 is 0 Å². The Hall–Kier alpha value is -2.21. The second-order valence-corrected chi connectivity index (χ2v) is 7.25. The van der Waals surface area contributed by atoms with E-state index in [1.165, 1.54) is 6.07 Å². The van der Waals surface area contributed by atoms with E-state index in [2.05, 4.69) is 5.32 Å². The van der Waals surface area contributed by atoms with E-state index in [0.717, 1.165) is 23.5 Å². The number of halogens is 1. The zero-order chi connectivity index (χ0) is 20.2. The minimum absolute atomic E-state index is 0.0111. The third kappa shape index (κ3) is 7.43. The number of hydrogen-bond donors (Lipinski definition) is 1. The van der Waals surface area contributed by atoms with Crippen molar-refractivity contribution in [3.05, 3.63) is 59.4 Å². The molecule has 0 bridgehead atoms. The van der Waals surface area contributed by atoms with Crippen molar-refractivity contribution in [2.24, 2.45) is 0 Å². The van der Waals surface area contributed by atoms with E-state index in [9.17, 15) is 9.18 Å². The summed E-state index contributed by atoms with van der Waals surface area (Å²) in [6.45, 7) is 5.60. The number of rotatable bonds is 12. The molecule has 0 heterocycles. The molecule has 28 heavy (non-hydrogen) atoms. The molecule has 4 nitrogen and oxygen atoms in total. The van der Waals surface area contributed by atoms with Crippen LogP contribution in [0.25, 0.3) is 0 Å². The molecule has 0 aliphatic carbocycles. The Balaban J connectivity index is 1.69. The molecule has 0 fully saturated rings. The van der Waals surface area contributed by atoms with Crippen LogP contribution in [0.5, 0.6) is 11.5 Å². The predicted molar refractivity (Wildman–Crippen MR) is 113 cm³/mol. The van der Waals surface area contributed by atoms with Crippen LogP contribution in [0.3, 0.4) is 0 Å². The van der Waals surface area contributed by atoms with Gasteiger partial charge < -0.3 is 14.8 Å². The van der Waals surface area contributed by atoms with Crippen LogP contribution in [0.2, 0.25) is 0 Å². The molecule has 6 heteroatoms. The molecule has 0 aliphatic rings. The van der Waals surface area contributed by atoms with Crippen LogP contribution in [0, 0.1) is 5.82 Å². The van der Waals surface area contributed by atoms with Gasteiger partial charge in [0.2, 0.25) is 5.91 Å². The number of hydrogen-bond acceptors (Lipinski definition) is 4. The molecule has 2 aromatic rings. The first kappa shape index (κ1) is 22.1. The second-order valence-electron chi connectivity index (χ2n) is 6.14. The Kier molecular flexibility index (Phi) is 9.69. The average molecular weight is 406 g/mol. The van der Waals surface area contributed by atoms with E-state index in [1.807, 2.05) is 38.1 Å². The quantitative estimate of drug-likeness (QED) is 0.524. The molecule has 0 aromatic heterocycles. The van der Waals surface area contributed by atoms with Gasteiger partial charge in [-0.3, -0.25) is 4.79 Å². The molecule has 0 spiro atoms. The number of ether oxygens (including phenoxy) is 2. The monoisotopic (exact) mass is 405 g/mol. The molecule has 152 valence electrons. The smallest absolute Gasteiger partial charge is 0.220 e. The van der Waals surface area contributed by atoms with Gasteiger partial charge in [0.05, 0.1) is 13.2 Å². The van der Waals surface area contributed by atoms with Crippen molar-refractivity contribution in [2.45, 2.75) is 32.4 Å². The van der Waals surface area contributed by atoms with Gasteiger partial charge in [-0.25, -0.2) is 4.39 Å². The molecular weight excluding hydrogens is 377 g/mol. The molecule has 0 radical (unpaired) electrons. The number of benzene rings is 2. The maximum atomic E-state index is 13.5. The summed E-state index contributed by atoms with van der Waals surface area (Å²) in [6, 6.07) is 12.6. The summed E-state index contributed by atoms with van der Waals surface area (Å²) in [6.07, 6.45) is 1.15. The van der Waals surface area contributed by atoms with Crippen LogP contribution in [-0.2, 0) is 17.0 Å². The molecule has 0 aliphatic heterocycles. The fourth-order valence-electron chi connectivity index (χ4n) is 2.65. The Labute approximate surface area is 170 Å². The topological polar surface area (TPSA) is 47.6 Å². The lowest BCUT2D eigenvalue weighted by molar-refractivity contribution is -0.120. The van der Waals surface area contributed by atoms with Gasteiger partial charge in [-0.05, 0) is 49.6 Å². The van der Waals surface area contributed by atoms with Gasteiger partial charge in [0.25, 0.3) is 0 Å². The first-order valence-electron chi connectivity index (χ1n) is 9.60. The zero-order valence-electron chi connectivity index (χ0n) is 16.5. The van der Waals surface area contributed by atoms with E-state index in [0.29, 0.717) is 43.2 Å². The maximum absolute atomic E-state index is 13.5. The highest BCUT2D eigenvalue weighted by Crippen LogP contribution is 2.28. The Morgan fingerprint density at radius 2 is 1.82 bits per heavy atom. The van der Waals surface area contributed by atoms with Crippen LogP contribution in [0.4, 0.5) is 4.39 Å². The van der Waals surface area contributed by atoms with Gasteiger partial charge in [0.1, 0.15) is 5.82 Å². The van der Waals surface area contributed by atoms with Gasteiger partial charge in [-0.2, -0.15) is 11.8 Å². The summed E-state index contributed by atoms with van der Waals surface area (Å²) in [7, 11) is 0. The van der Waals surface area contributed by atoms with Gasteiger partial charge in [-0.1, -0.05) is 24.3 Å². The summed E-state index contributed by atoms with van der Waals surface area (Å²) in [4.78, 5) is 12.0. The first-order valence-corrected chi connectivity index (χ1v) is 10.8. The Morgan fingerprint density at radius 3 is 2.57 bits per heavy atom. The molecule has 0 atom stereocenters. The van der Waals surface area contributed by atoms with E-state index in [-0.39, 0.29) is 11.7 Å².